The van der Waals surface area contributed by atoms with Crippen molar-refractivity contribution in [3.8, 4) is 0 Å². The van der Waals surface area contributed by atoms with Crippen LogP contribution in [-0.2, 0) is 58.4 Å². The fraction of sp³-hybridized carbons (Fsp3) is 0.796. The number of aryl methyl sites for hydroxylation is 5. The molecule has 0 aliphatic carbocycles. The molecule has 12 heteroatoms. The van der Waals surface area contributed by atoms with E-state index in [0.29, 0.717) is 13.0 Å². The third-order valence-electron chi connectivity index (χ3n) is 11.6. The van der Waals surface area contributed by atoms with E-state index in [-0.39, 0.29) is 32.0 Å². The van der Waals surface area contributed by atoms with Crippen molar-refractivity contribution >= 4 is 19.8 Å². The molecule has 61 heavy (non-hydrogen) atoms. The van der Waals surface area contributed by atoms with E-state index in [1.807, 2.05) is 0 Å². The predicted octanol–water partition coefficient (Wildman–Crippen LogP) is 12.9. The highest BCUT2D eigenvalue weighted by Crippen LogP contribution is 2.43. The van der Waals surface area contributed by atoms with Crippen LogP contribution in [-0.4, -0.2) is 56.3 Å². The molecule has 0 saturated heterocycles. The smallest absolute Gasteiger partial charge is 0.466 e. The van der Waals surface area contributed by atoms with Gasteiger partial charge >= 0.3 is 19.8 Å². The van der Waals surface area contributed by atoms with Gasteiger partial charge in [-0.15, -0.1) is 0 Å². The van der Waals surface area contributed by atoms with Crippen molar-refractivity contribution in [2.24, 2.45) is 0 Å². The molecule has 2 rings (SSSR count). The van der Waals surface area contributed by atoms with E-state index in [2.05, 4.69) is 46.0 Å². The second kappa shape index (κ2) is 34.0. The maximum Gasteiger partial charge on any atom is 0.472 e. The first-order valence-electron chi connectivity index (χ1n) is 24.3. The molecule has 2 heterocycles. The third kappa shape index (κ3) is 26.1. The number of hydrogen-bond acceptors (Lipinski definition) is 10. The minimum atomic E-state index is -4.38. The van der Waals surface area contributed by atoms with Crippen molar-refractivity contribution in [3.05, 3.63) is 45.8 Å². The lowest BCUT2D eigenvalue weighted by Crippen LogP contribution is -2.29. The van der Waals surface area contributed by atoms with Gasteiger partial charge in [0.05, 0.1) is 13.2 Å². The Hall–Kier alpha value is -2.43. The molecule has 2 aromatic heterocycles. The highest BCUT2D eigenvalue weighted by molar-refractivity contribution is 7.47. The zero-order valence-corrected chi connectivity index (χ0v) is 40.2. The van der Waals surface area contributed by atoms with Gasteiger partial charge in [-0.25, -0.2) is 4.57 Å². The average molecular weight is 880 g/mol. The number of likely N-dealkylation sites (N-methyl/N-ethyl adjacent to an activating group) is 1. The number of phosphoric ester groups is 1. The monoisotopic (exact) mass is 880 g/mol. The largest absolute Gasteiger partial charge is 0.472 e. The Balaban J connectivity index is 1.59. The lowest BCUT2D eigenvalue weighted by molar-refractivity contribution is -0.161. The van der Waals surface area contributed by atoms with Crippen molar-refractivity contribution in [1.82, 2.24) is 5.32 Å². The molecule has 0 saturated carbocycles. The summed E-state index contributed by atoms with van der Waals surface area (Å²) in [6, 6.07) is 2.23. The van der Waals surface area contributed by atoms with Crippen LogP contribution in [0.3, 0.4) is 0 Å². The van der Waals surface area contributed by atoms with Crippen molar-refractivity contribution in [2.75, 3.05) is 33.4 Å². The molecule has 0 spiro atoms. The van der Waals surface area contributed by atoms with Crippen LogP contribution in [0.1, 0.15) is 208 Å². The molecule has 0 aliphatic rings. The quantitative estimate of drug-likeness (QED) is 0.0374. The Labute approximate surface area is 370 Å². The van der Waals surface area contributed by atoms with E-state index in [9.17, 15) is 19.0 Å². The maximum atomic E-state index is 12.8. The van der Waals surface area contributed by atoms with Gasteiger partial charge in [-0.1, -0.05) is 117 Å². The summed E-state index contributed by atoms with van der Waals surface area (Å²) in [5, 5.41) is 2.83. The molecular formula is C49H86NO10P. The summed E-state index contributed by atoms with van der Waals surface area (Å²) < 4.78 is 45.7. The molecule has 352 valence electrons. The van der Waals surface area contributed by atoms with Gasteiger partial charge in [0.15, 0.2) is 6.10 Å². The molecule has 2 aromatic rings. The van der Waals surface area contributed by atoms with Crippen molar-refractivity contribution < 1.29 is 46.4 Å². The van der Waals surface area contributed by atoms with Gasteiger partial charge in [0.1, 0.15) is 29.6 Å². The fourth-order valence-corrected chi connectivity index (χ4v) is 8.32. The molecule has 11 nitrogen and oxygen atoms in total. The van der Waals surface area contributed by atoms with E-state index in [1.54, 1.807) is 7.05 Å². The summed E-state index contributed by atoms with van der Waals surface area (Å²) in [5.41, 5.74) is 3.90. The highest BCUT2D eigenvalue weighted by Gasteiger charge is 2.26. The number of carbonyl (C=O) groups is 2. The zero-order chi connectivity index (χ0) is 44.6. The van der Waals surface area contributed by atoms with Gasteiger partial charge in [-0.05, 0) is 89.1 Å². The minimum absolute atomic E-state index is 0.0290. The van der Waals surface area contributed by atoms with Gasteiger partial charge in [0.2, 0.25) is 0 Å². The Morgan fingerprint density at radius 1 is 0.623 bits per heavy atom. The van der Waals surface area contributed by atoms with E-state index >= 15 is 0 Å². The number of nitrogens with one attached hydrogen (secondary N) is 1. The second-order valence-corrected chi connectivity index (χ2v) is 18.5. The highest BCUT2D eigenvalue weighted by atomic mass is 31.2. The summed E-state index contributed by atoms with van der Waals surface area (Å²) in [6.45, 7) is 10.6. The van der Waals surface area contributed by atoms with E-state index < -0.39 is 26.5 Å². The first kappa shape index (κ1) is 54.7. The number of esters is 2. The van der Waals surface area contributed by atoms with Crippen molar-refractivity contribution in [3.63, 3.8) is 0 Å². The summed E-state index contributed by atoms with van der Waals surface area (Å²) in [4.78, 5) is 35.4. The van der Waals surface area contributed by atoms with Crippen LogP contribution >= 0.6 is 7.82 Å². The van der Waals surface area contributed by atoms with Crippen LogP contribution in [0.25, 0.3) is 0 Å². The molecule has 0 amide bonds. The van der Waals surface area contributed by atoms with Crippen LogP contribution < -0.4 is 5.32 Å². The lowest BCUT2D eigenvalue weighted by Gasteiger charge is -2.20. The van der Waals surface area contributed by atoms with Crippen LogP contribution in [0.15, 0.2) is 14.9 Å². The number of phosphoric acid groups is 1. The van der Waals surface area contributed by atoms with Crippen LogP contribution in [0.4, 0.5) is 0 Å². The Morgan fingerprint density at radius 2 is 1.10 bits per heavy atom. The number of furan rings is 2. The van der Waals surface area contributed by atoms with Gasteiger partial charge in [0, 0.05) is 45.1 Å². The molecule has 1 unspecified atom stereocenters. The maximum absolute atomic E-state index is 12.8. The normalized spacial score (nSPS) is 13.1. The van der Waals surface area contributed by atoms with Gasteiger partial charge in [0.25, 0.3) is 0 Å². The van der Waals surface area contributed by atoms with Crippen LogP contribution in [0, 0.1) is 20.8 Å². The number of rotatable bonds is 40. The summed E-state index contributed by atoms with van der Waals surface area (Å²) in [6.07, 6.45) is 27.9. The van der Waals surface area contributed by atoms with Crippen molar-refractivity contribution in [1.29, 1.82) is 0 Å². The minimum Gasteiger partial charge on any atom is -0.466 e. The van der Waals surface area contributed by atoms with Gasteiger partial charge < -0.3 is 28.5 Å². The lowest BCUT2D eigenvalue weighted by atomic mass is 10.0. The van der Waals surface area contributed by atoms with Crippen LogP contribution in [0.2, 0.25) is 0 Å². The number of carbonyl (C=O) groups excluding carboxylic acids is 2. The average Bonchev–Trinajstić information content (AvgIpc) is 3.72. The SMILES string of the molecule is CCCCCc1cc(C)c(CCCCCCCCCCCCC(=O)OC[C@H](COP(=O)(O)OCCNC)OC(=O)CCCCCCCCc2oc(CCCCC)c(C)c2C)o1. The molecule has 0 aliphatic heterocycles. The zero-order valence-electron chi connectivity index (χ0n) is 39.4. The molecule has 0 bridgehead atoms. The molecule has 0 fully saturated rings. The Bertz CT molecular complexity index is 1490. The summed E-state index contributed by atoms with van der Waals surface area (Å²) in [5.74, 6) is 3.74. The van der Waals surface area contributed by atoms with Gasteiger partial charge in [-0.2, -0.15) is 0 Å². The topological polar surface area (TPSA) is 147 Å². The second-order valence-electron chi connectivity index (χ2n) is 17.1. The molecule has 2 N–H and O–H groups in total. The van der Waals surface area contributed by atoms with E-state index in [4.69, 9.17) is 27.4 Å². The molecule has 0 radical (unpaired) electrons. The van der Waals surface area contributed by atoms with Crippen LogP contribution in [0.5, 0.6) is 0 Å². The van der Waals surface area contributed by atoms with Gasteiger partial charge in [-0.3, -0.25) is 18.6 Å². The number of ether oxygens (including phenoxy) is 2. The fourth-order valence-electron chi connectivity index (χ4n) is 7.57. The third-order valence-corrected chi connectivity index (χ3v) is 12.6. The summed E-state index contributed by atoms with van der Waals surface area (Å²) >= 11 is 0. The van der Waals surface area contributed by atoms with E-state index in [1.165, 1.54) is 99.5 Å². The molecular weight excluding hydrogens is 794 g/mol. The predicted molar refractivity (Wildman–Crippen MR) is 245 cm³/mol. The molecule has 2 atom stereocenters. The standard InChI is InChI=1S/C49H86NO10P/c1-7-9-23-29-43-37-40(3)45(58-43)30-25-19-15-13-11-12-14-16-21-27-33-48(51)55-38-44(39-57-61(53,54)56-36-35-50-6)59-49(52)34-28-22-18-17-20-26-32-47-42(5)41(4)46(60-47)31-24-10-8-2/h37,44,50H,7-36,38-39H2,1-6H3,(H,53,54)/t44-/m1/s1. The summed E-state index contributed by atoms with van der Waals surface area (Å²) in [7, 11) is -2.68. The van der Waals surface area contributed by atoms with E-state index in [0.717, 1.165) is 101 Å². The molecule has 0 aromatic carbocycles. The van der Waals surface area contributed by atoms with Crippen molar-refractivity contribution in [2.45, 2.75) is 221 Å². The first-order chi connectivity index (χ1) is 29.5. The Morgan fingerprint density at radius 3 is 1.64 bits per heavy atom. The Kier molecular flexibility index (Phi) is 30.5. The number of hydrogen-bond donors (Lipinski definition) is 2. The number of unbranched alkanes of at least 4 members (excludes halogenated alkanes) is 18. The first-order valence-corrected chi connectivity index (χ1v) is 25.8.